The maximum absolute atomic E-state index is 13.4. The Morgan fingerprint density at radius 1 is 0.923 bits per heavy atom. The van der Waals surface area contributed by atoms with Gasteiger partial charge in [0.25, 0.3) is 0 Å². The van der Waals surface area contributed by atoms with Crippen molar-refractivity contribution in [1.82, 2.24) is 0 Å². The highest BCUT2D eigenvalue weighted by molar-refractivity contribution is 7.14. The van der Waals surface area contributed by atoms with Crippen LogP contribution in [0, 0.1) is 23.5 Å². The minimum Gasteiger partial charge on any atom is -0.293 e. The largest absolute Gasteiger partial charge is 0.293 e. The Morgan fingerprint density at radius 2 is 1.62 bits per heavy atom. The van der Waals surface area contributed by atoms with Gasteiger partial charge in [0.1, 0.15) is 11.6 Å². The van der Waals surface area contributed by atoms with E-state index in [-0.39, 0.29) is 22.2 Å². The minimum absolute atomic E-state index is 0.0460. The Kier molecular flexibility index (Phi) is 5.73. The summed E-state index contributed by atoms with van der Waals surface area (Å²) in [6.07, 6.45) is 0.0460. The van der Waals surface area contributed by atoms with Crippen LogP contribution in [0.1, 0.15) is 25.7 Å². The van der Waals surface area contributed by atoms with E-state index in [1.54, 1.807) is 24.3 Å². The van der Waals surface area contributed by atoms with E-state index in [4.69, 9.17) is 23.2 Å². The first-order valence-electron chi connectivity index (χ1n) is 7.45. The molecule has 0 N–H and O–H groups in total. The average molecular weight is 407 g/mol. The molecule has 0 aliphatic heterocycles. The van der Waals surface area contributed by atoms with Gasteiger partial charge in [-0.05, 0) is 54.1 Å². The fourth-order valence-corrected chi connectivity index (χ4v) is 3.56. The van der Waals surface area contributed by atoms with Gasteiger partial charge < -0.3 is 0 Å². The van der Waals surface area contributed by atoms with Crippen LogP contribution in [0.2, 0.25) is 10.0 Å². The van der Waals surface area contributed by atoms with Gasteiger partial charge in [-0.15, -0.1) is 11.3 Å². The first-order valence-corrected chi connectivity index (χ1v) is 9.02. The van der Waals surface area contributed by atoms with Crippen molar-refractivity contribution in [2.24, 2.45) is 0 Å². The topological polar surface area (TPSA) is 17.1 Å². The van der Waals surface area contributed by atoms with Crippen molar-refractivity contribution < 1.29 is 13.6 Å². The first kappa shape index (κ1) is 18.6. The molecule has 0 spiro atoms. The summed E-state index contributed by atoms with van der Waals surface area (Å²) in [5, 5.41) is 0.518. The van der Waals surface area contributed by atoms with Crippen molar-refractivity contribution in [2.75, 3.05) is 0 Å². The average Bonchev–Trinajstić information content (AvgIpc) is 3.00. The van der Waals surface area contributed by atoms with Gasteiger partial charge in [-0.2, -0.15) is 0 Å². The number of thiophene rings is 1. The number of hydrogen-bond donors (Lipinski definition) is 0. The fraction of sp³-hybridized carbons (Fsp3) is 0.0500. The zero-order chi connectivity index (χ0) is 18.7. The Balaban J connectivity index is 1.75. The summed E-state index contributed by atoms with van der Waals surface area (Å²) in [5.41, 5.74) is 0.959. The molecule has 1 aromatic heterocycles. The molecule has 3 aromatic rings. The zero-order valence-electron chi connectivity index (χ0n) is 13.2. The highest BCUT2D eigenvalue weighted by atomic mass is 35.5. The van der Waals surface area contributed by atoms with Gasteiger partial charge in [-0.25, -0.2) is 8.78 Å². The standard InChI is InChI=1S/C20H10Cl2F2OS/c21-14-5-12(7-16(23)10-14)1-2-18-3-4-20(26-18)19(25)9-13-6-15(22)11-17(24)8-13/h3-8,10-11H,9H2. The summed E-state index contributed by atoms with van der Waals surface area (Å²) in [6, 6.07) is 11.5. The third kappa shape index (κ3) is 4.92. The van der Waals surface area contributed by atoms with E-state index in [1.165, 1.54) is 35.6 Å². The maximum Gasteiger partial charge on any atom is 0.177 e. The molecular weight excluding hydrogens is 397 g/mol. The summed E-state index contributed by atoms with van der Waals surface area (Å²) < 4.78 is 26.7. The molecule has 0 aliphatic carbocycles. The molecule has 0 saturated carbocycles. The van der Waals surface area contributed by atoms with E-state index in [1.807, 2.05) is 0 Å². The van der Waals surface area contributed by atoms with Crippen LogP contribution in [-0.4, -0.2) is 5.78 Å². The second-order valence-electron chi connectivity index (χ2n) is 5.45. The monoisotopic (exact) mass is 406 g/mol. The van der Waals surface area contributed by atoms with Crippen molar-refractivity contribution in [3.63, 3.8) is 0 Å². The van der Waals surface area contributed by atoms with Crippen molar-refractivity contribution in [3.05, 3.63) is 91.1 Å². The predicted octanol–water partition coefficient (Wildman–Crippen LogP) is 6.16. The van der Waals surface area contributed by atoms with E-state index in [0.717, 1.165) is 0 Å². The molecule has 0 saturated heterocycles. The molecule has 6 heteroatoms. The van der Waals surface area contributed by atoms with Crippen molar-refractivity contribution >= 4 is 40.3 Å². The molecule has 0 aliphatic rings. The molecule has 0 atom stereocenters. The molecule has 0 amide bonds. The number of ketones is 1. The fourth-order valence-electron chi connectivity index (χ4n) is 2.30. The quantitative estimate of drug-likeness (QED) is 0.376. The van der Waals surface area contributed by atoms with Gasteiger partial charge in [0.2, 0.25) is 0 Å². The lowest BCUT2D eigenvalue weighted by molar-refractivity contribution is 0.0997. The van der Waals surface area contributed by atoms with E-state index in [2.05, 4.69) is 11.8 Å². The maximum atomic E-state index is 13.4. The van der Waals surface area contributed by atoms with Crippen LogP contribution in [0.3, 0.4) is 0 Å². The van der Waals surface area contributed by atoms with Crippen LogP contribution in [0.5, 0.6) is 0 Å². The molecule has 3 rings (SSSR count). The molecule has 1 nitrogen and oxygen atoms in total. The van der Waals surface area contributed by atoms with Crippen molar-refractivity contribution in [1.29, 1.82) is 0 Å². The normalized spacial score (nSPS) is 10.3. The summed E-state index contributed by atoms with van der Waals surface area (Å²) >= 11 is 12.8. The molecule has 0 radical (unpaired) electrons. The smallest absolute Gasteiger partial charge is 0.177 e. The Morgan fingerprint density at radius 3 is 2.31 bits per heavy atom. The third-order valence-corrected chi connectivity index (χ3v) is 4.84. The highest BCUT2D eigenvalue weighted by Gasteiger charge is 2.11. The number of carbonyl (C=O) groups excluding carboxylic acids is 1. The van der Waals surface area contributed by atoms with Gasteiger partial charge in [-0.1, -0.05) is 35.0 Å². The lowest BCUT2D eigenvalue weighted by atomic mass is 10.1. The lowest BCUT2D eigenvalue weighted by Gasteiger charge is -2.01. The molecule has 1 heterocycles. The predicted molar refractivity (Wildman–Crippen MR) is 101 cm³/mol. The van der Waals surface area contributed by atoms with Crippen molar-refractivity contribution in [3.8, 4) is 11.8 Å². The highest BCUT2D eigenvalue weighted by Crippen LogP contribution is 2.21. The summed E-state index contributed by atoms with van der Waals surface area (Å²) in [6.45, 7) is 0. The van der Waals surface area contributed by atoms with E-state index >= 15 is 0 Å². The second-order valence-corrected chi connectivity index (χ2v) is 7.41. The number of carbonyl (C=O) groups is 1. The van der Waals surface area contributed by atoms with E-state index in [0.29, 0.717) is 20.9 Å². The summed E-state index contributed by atoms with van der Waals surface area (Å²) in [5.74, 6) is 4.61. The van der Waals surface area contributed by atoms with Gasteiger partial charge in [-0.3, -0.25) is 4.79 Å². The Bertz CT molecular complexity index is 1010. The van der Waals surface area contributed by atoms with Gasteiger partial charge in [0.15, 0.2) is 5.78 Å². The zero-order valence-corrected chi connectivity index (χ0v) is 15.5. The molecule has 0 bridgehead atoms. The Hall–Kier alpha value is -2.19. The second kappa shape index (κ2) is 8.01. The molecule has 0 fully saturated rings. The van der Waals surface area contributed by atoms with Crippen LogP contribution in [-0.2, 0) is 6.42 Å². The van der Waals surface area contributed by atoms with Gasteiger partial charge >= 0.3 is 0 Å². The van der Waals surface area contributed by atoms with Gasteiger partial charge in [0.05, 0.1) is 9.75 Å². The van der Waals surface area contributed by atoms with Crippen LogP contribution in [0.4, 0.5) is 8.78 Å². The molecule has 26 heavy (non-hydrogen) atoms. The van der Waals surface area contributed by atoms with E-state index in [9.17, 15) is 13.6 Å². The van der Waals surface area contributed by atoms with Crippen molar-refractivity contribution in [2.45, 2.75) is 6.42 Å². The van der Waals surface area contributed by atoms with Crippen LogP contribution < -0.4 is 0 Å². The number of Topliss-reactive ketones (excluding diaryl/α,β-unsaturated/α-hetero) is 1. The minimum atomic E-state index is -0.480. The number of rotatable bonds is 3. The number of benzene rings is 2. The summed E-state index contributed by atoms with van der Waals surface area (Å²) in [4.78, 5) is 13.5. The molecular formula is C20H10Cl2F2OS. The lowest BCUT2D eigenvalue weighted by Crippen LogP contribution is -2.01. The SMILES string of the molecule is O=C(Cc1cc(F)cc(Cl)c1)c1ccc(C#Cc2cc(F)cc(Cl)c2)s1. The third-order valence-electron chi connectivity index (χ3n) is 3.36. The van der Waals surface area contributed by atoms with Gasteiger partial charge in [0, 0.05) is 22.0 Å². The van der Waals surface area contributed by atoms with Crippen LogP contribution in [0.15, 0.2) is 48.5 Å². The first-order chi connectivity index (χ1) is 12.4. The number of halogens is 4. The summed E-state index contributed by atoms with van der Waals surface area (Å²) in [7, 11) is 0. The molecule has 2 aromatic carbocycles. The van der Waals surface area contributed by atoms with E-state index < -0.39 is 11.6 Å². The Labute approximate surface area is 163 Å². The number of hydrogen-bond acceptors (Lipinski definition) is 2. The molecule has 0 unspecified atom stereocenters. The van der Waals surface area contributed by atoms with Crippen LogP contribution in [0.25, 0.3) is 0 Å². The molecule has 130 valence electrons. The van der Waals surface area contributed by atoms with Crippen LogP contribution >= 0.6 is 34.5 Å².